The smallest absolute Gasteiger partial charge is 0.370 e. The number of nitrogens with two attached hydrogens (primary N) is 1. The Morgan fingerprint density at radius 3 is 2.40 bits per heavy atom. The Labute approximate surface area is 202 Å². The summed E-state index contributed by atoms with van der Waals surface area (Å²) in [5, 5.41) is 9.07. The first-order valence-electron chi connectivity index (χ1n) is 11.6. The molecule has 2 aliphatic rings. The molecule has 0 aromatic heterocycles. The van der Waals surface area contributed by atoms with Crippen LogP contribution in [0.15, 0.2) is 48.5 Å². The molecule has 6 nitrogen and oxygen atoms in total. The largest absolute Gasteiger partial charge is 0.417 e. The van der Waals surface area contributed by atoms with Crippen LogP contribution < -0.4 is 10.6 Å². The van der Waals surface area contributed by atoms with Crippen molar-refractivity contribution in [2.45, 2.75) is 31.9 Å². The topological polar surface area (TPSA) is 90.4 Å². The van der Waals surface area contributed by atoms with Gasteiger partial charge in [-0.05, 0) is 43.0 Å². The molecule has 2 amide bonds. The summed E-state index contributed by atoms with van der Waals surface area (Å²) in [6, 6.07) is 15.0. The summed E-state index contributed by atoms with van der Waals surface area (Å²) in [7, 11) is 0. The van der Waals surface area contributed by atoms with Gasteiger partial charge < -0.3 is 15.5 Å². The third-order valence-corrected chi connectivity index (χ3v) is 7.37. The quantitative estimate of drug-likeness (QED) is 0.700. The maximum Gasteiger partial charge on any atom is 0.417 e. The molecule has 1 atom stereocenters. The Kier molecular flexibility index (Phi) is 6.75. The first kappa shape index (κ1) is 24.6. The molecule has 2 fully saturated rings. The number of amides is 2. The van der Waals surface area contributed by atoms with E-state index < -0.39 is 34.5 Å². The monoisotopic (exact) mass is 484 g/mol. The Bertz CT molecular complexity index is 1140. The predicted molar refractivity (Wildman–Crippen MR) is 124 cm³/mol. The van der Waals surface area contributed by atoms with Gasteiger partial charge in [0.05, 0.1) is 23.1 Å². The first-order valence-corrected chi connectivity index (χ1v) is 11.6. The van der Waals surface area contributed by atoms with Crippen LogP contribution in [0.2, 0.25) is 0 Å². The number of hydrogen-bond donors (Lipinski definition) is 1. The number of alkyl halides is 3. The molecule has 0 radical (unpaired) electrons. The minimum Gasteiger partial charge on any atom is -0.370 e. The van der Waals surface area contributed by atoms with E-state index >= 15 is 0 Å². The number of hydrogen-bond acceptors (Lipinski definition) is 4. The average Bonchev–Trinajstić information content (AvgIpc) is 3.21. The number of primary amides is 1. The Morgan fingerprint density at radius 1 is 1.11 bits per heavy atom. The van der Waals surface area contributed by atoms with Gasteiger partial charge >= 0.3 is 6.18 Å². The number of aryl methyl sites for hydroxylation is 1. The van der Waals surface area contributed by atoms with Crippen LogP contribution in [0.5, 0.6) is 0 Å². The molecule has 2 aromatic rings. The number of anilines is 1. The van der Waals surface area contributed by atoms with Crippen molar-refractivity contribution in [3.8, 4) is 6.07 Å². The molecule has 184 valence electrons. The standard InChI is InChI=1S/C26H27F3N4O2/c27-26(28,29)21-14-20(8-7-19(21)15-30)33-16-22(24(31)35)25(17-33)10-12-32(13-11-25)23(34)9-6-18-4-2-1-3-5-18/h1-5,7-8,14,22H,6,9-13,16-17H2,(H2,31,35). The van der Waals surface area contributed by atoms with E-state index in [0.29, 0.717) is 51.0 Å². The molecular weight excluding hydrogens is 457 g/mol. The van der Waals surface area contributed by atoms with E-state index in [2.05, 4.69) is 0 Å². The van der Waals surface area contributed by atoms with Crippen molar-refractivity contribution in [3.05, 3.63) is 65.2 Å². The molecule has 4 rings (SSSR count). The fraction of sp³-hybridized carbons (Fsp3) is 0.423. The lowest BCUT2D eigenvalue weighted by atomic mass is 9.70. The van der Waals surface area contributed by atoms with Gasteiger partial charge in [0.1, 0.15) is 0 Å². The minimum atomic E-state index is -4.66. The zero-order valence-electron chi connectivity index (χ0n) is 19.2. The number of carbonyl (C=O) groups is 2. The number of benzene rings is 2. The zero-order valence-corrected chi connectivity index (χ0v) is 19.2. The van der Waals surface area contributed by atoms with Gasteiger partial charge in [0.2, 0.25) is 11.8 Å². The number of nitrogens with zero attached hydrogens (tertiary/aromatic N) is 3. The SMILES string of the molecule is N#Cc1ccc(N2CC(C(N)=O)C3(CCN(C(=O)CCc4ccccc4)CC3)C2)cc1C(F)(F)F. The van der Waals surface area contributed by atoms with Gasteiger partial charge in [-0.3, -0.25) is 9.59 Å². The second-order valence-corrected chi connectivity index (χ2v) is 9.40. The predicted octanol–water partition coefficient (Wildman–Crippen LogP) is 3.74. The van der Waals surface area contributed by atoms with Crippen LogP contribution in [-0.4, -0.2) is 42.9 Å². The van der Waals surface area contributed by atoms with Crippen molar-refractivity contribution < 1.29 is 22.8 Å². The second-order valence-electron chi connectivity index (χ2n) is 9.40. The molecule has 2 saturated heterocycles. The number of nitriles is 1. The van der Waals surface area contributed by atoms with Crippen molar-refractivity contribution in [2.24, 2.45) is 17.1 Å². The van der Waals surface area contributed by atoms with E-state index in [1.807, 2.05) is 30.3 Å². The van der Waals surface area contributed by atoms with Crippen LogP contribution >= 0.6 is 0 Å². The average molecular weight is 485 g/mol. The van der Waals surface area contributed by atoms with E-state index in [1.165, 1.54) is 6.07 Å². The molecular formula is C26H27F3N4O2. The van der Waals surface area contributed by atoms with Gasteiger partial charge in [0.15, 0.2) is 0 Å². The van der Waals surface area contributed by atoms with Crippen LogP contribution in [0.25, 0.3) is 0 Å². The molecule has 2 aromatic carbocycles. The third kappa shape index (κ3) is 5.11. The molecule has 2 N–H and O–H groups in total. The lowest BCUT2D eigenvalue weighted by Gasteiger charge is -2.41. The maximum atomic E-state index is 13.5. The molecule has 35 heavy (non-hydrogen) atoms. The van der Waals surface area contributed by atoms with E-state index in [-0.39, 0.29) is 12.5 Å². The molecule has 1 spiro atoms. The fourth-order valence-corrected chi connectivity index (χ4v) is 5.38. The molecule has 9 heteroatoms. The summed E-state index contributed by atoms with van der Waals surface area (Å²) >= 11 is 0. The number of piperidine rings is 1. The summed E-state index contributed by atoms with van der Waals surface area (Å²) in [6.45, 7) is 1.54. The van der Waals surface area contributed by atoms with Crippen molar-refractivity contribution in [1.82, 2.24) is 4.90 Å². The van der Waals surface area contributed by atoms with Crippen LogP contribution in [0.1, 0.15) is 36.0 Å². The maximum absolute atomic E-state index is 13.5. The van der Waals surface area contributed by atoms with Crippen molar-refractivity contribution in [2.75, 3.05) is 31.1 Å². The highest BCUT2D eigenvalue weighted by molar-refractivity contribution is 5.80. The van der Waals surface area contributed by atoms with E-state index in [9.17, 15) is 22.8 Å². The molecule has 1 unspecified atom stereocenters. The van der Waals surface area contributed by atoms with Crippen LogP contribution in [0.3, 0.4) is 0 Å². The fourth-order valence-electron chi connectivity index (χ4n) is 5.38. The van der Waals surface area contributed by atoms with Gasteiger partial charge in [-0.2, -0.15) is 18.4 Å². The third-order valence-electron chi connectivity index (χ3n) is 7.37. The zero-order chi connectivity index (χ0) is 25.2. The van der Waals surface area contributed by atoms with Crippen LogP contribution in [-0.2, 0) is 22.2 Å². The van der Waals surface area contributed by atoms with Crippen molar-refractivity contribution >= 4 is 17.5 Å². The summed E-state index contributed by atoms with van der Waals surface area (Å²) in [6.07, 6.45) is -2.51. The number of rotatable bonds is 5. The van der Waals surface area contributed by atoms with Gasteiger partial charge in [0, 0.05) is 43.7 Å². The van der Waals surface area contributed by atoms with Gasteiger partial charge in [-0.25, -0.2) is 0 Å². The number of likely N-dealkylation sites (tertiary alicyclic amines) is 1. The molecule has 0 saturated carbocycles. The summed E-state index contributed by atoms with van der Waals surface area (Å²) in [5.74, 6) is -0.966. The molecule has 0 aliphatic carbocycles. The number of halogens is 3. The first-order chi connectivity index (χ1) is 16.6. The van der Waals surface area contributed by atoms with Crippen molar-refractivity contribution in [1.29, 1.82) is 5.26 Å². The van der Waals surface area contributed by atoms with Gasteiger partial charge in [0.25, 0.3) is 0 Å². The highest BCUT2D eigenvalue weighted by Crippen LogP contribution is 2.46. The molecule has 2 aliphatic heterocycles. The van der Waals surface area contributed by atoms with Gasteiger partial charge in [-0.1, -0.05) is 30.3 Å². The number of carbonyl (C=O) groups excluding carboxylic acids is 2. The van der Waals surface area contributed by atoms with Crippen LogP contribution in [0, 0.1) is 22.7 Å². The summed E-state index contributed by atoms with van der Waals surface area (Å²) in [5.41, 5.74) is 5.19. The lowest BCUT2D eigenvalue weighted by molar-refractivity contribution is -0.138. The molecule has 2 heterocycles. The van der Waals surface area contributed by atoms with Gasteiger partial charge in [-0.15, -0.1) is 0 Å². The highest BCUT2D eigenvalue weighted by atomic mass is 19.4. The van der Waals surface area contributed by atoms with Crippen LogP contribution in [0.4, 0.5) is 18.9 Å². The summed E-state index contributed by atoms with van der Waals surface area (Å²) in [4.78, 5) is 28.7. The Morgan fingerprint density at radius 2 is 1.80 bits per heavy atom. The van der Waals surface area contributed by atoms with E-state index in [4.69, 9.17) is 11.0 Å². The minimum absolute atomic E-state index is 0.0519. The normalized spacial score (nSPS) is 19.5. The second kappa shape index (κ2) is 9.61. The Balaban J connectivity index is 1.46. The van der Waals surface area contributed by atoms with E-state index in [0.717, 1.165) is 17.7 Å². The van der Waals surface area contributed by atoms with E-state index in [1.54, 1.807) is 15.9 Å². The lowest BCUT2D eigenvalue weighted by Crippen LogP contribution is -2.49. The molecule has 0 bridgehead atoms. The Hall–Kier alpha value is -3.54. The highest BCUT2D eigenvalue weighted by Gasteiger charge is 2.51. The van der Waals surface area contributed by atoms with Crippen molar-refractivity contribution in [3.63, 3.8) is 0 Å². The summed E-state index contributed by atoms with van der Waals surface area (Å²) < 4.78 is 40.4.